The van der Waals surface area contributed by atoms with E-state index in [0.717, 1.165) is 6.42 Å². The first-order chi connectivity index (χ1) is 17.6. The Morgan fingerprint density at radius 3 is 1.03 bits per heavy atom. The van der Waals surface area contributed by atoms with Crippen molar-refractivity contribution in [2.75, 3.05) is 18.5 Å². The standard InChI is InChI=1S/C33H69O2P/c1-5-9-13-17-18-19-20-21-22-23-24-25-29-33(34)35-36(30-26-14-10-6-2,31-27-15-11-7-3)32-28-16-12-8-4/h36H,5-32H2,1-4H3. The Morgan fingerprint density at radius 1 is 0.417 bits per heavy atom. The minimum absolute atomic E-state index is 0.148. The van der Waals surface area contributed by atoms with Crippen molar-refractivity contribution in [1.29, 1.82) is 0 Å². The Labute approximate surface area is 229 Å². The summed E-state index contributed by atoms with van der Waals surface area (Å²) in [7, 11) is -1.96. The molecule has 0 rings (SSSR count). The monoisotopic (exact) mass is 529 g/mol. The molecule has 0 aliphatic heterocycles. The number of carbonyl (C=O) groups excluding carboxylic acids is 1. The molecular formula is C33H69O2P. The Kier molecular flexibility index (Phi) is 27.8. The van der Waals surface area contributed by atoms with E-state index in [2.05, 4.69) is 27.7 Å². The average molecular weight is 529 g/mol. The number of rotatable bonds is 29. The van der Waals surface area contributed by atoms with Gasteiger partial charge in [-0.15, -0.1) is 0 Å². The summed E-state index contributed by atoms with van der Waals surface area (Å²) in [6, 6.07) is 0. The first-order valence-electron chi connectivity index (χ1n) is 16.9. The molecule has 0 unspecified atom stereocenters. The summed E-state index contributed by atoms with van der Waals surface area (Å²) in [6.07, 6.45) is 35.9. The molecule has 0 spiro atoms. The number of hydrogen-bond donors (Lipinski definition) is 0. The second-order valence-corrected chi connectivity index (χ2v) is 15.8. The summed E-state index contributed by atoms with van der Waals surface area (Å²) in [5.74, 6) is 0.148. The zero-order valence-corrected chi connectivity index (χ0v) is 26.6. The van der Waals surface area contributed by atoms with Crippen LogP contribution in [0.2, 0.25) is 0 Å². The van der Waals surface area contributed by atoms with Gasteiger partial charge in [0.05, 0.1) is 0 Å². The molecule has 0 aromatic heterocycles. The Morgan fingerprint density at radius 2 is 0.694 bits per heavy atom. The molecule has 36 heavy (non-hydrogen) atoms. The molecule has 0 saturated heterocycles. The molecular weight excluding hydrogens is 459 g/mol. The van der Waals surface area contributed by atoms with Gasteiger partial charge in [0.1, 0.15) is 0 Å². The summed E-state index contributed by atoms with van der Waals surface area (Å²) < 4.78 is 6.58. The molecule has 0 fully saturated rings. The van der Waals surface area contributed by atoms with Crippen LogP contribution < -0.4 is 0 Å². The van der Waals surface area contributed by atoms with Gasteiger partial charge in [-0.1, -0.05) is 26.2 Å². The van der Waals surface area contributed by atoms with Crippen molar-refractivity contribution in [3.63, 3.8) is 0 Å². The molecule has 0 N–H and O–H groups in total. The third kappa shape index (κ3) is 23.0. The normalized spacial score (nSPS) is 12.2. The van der Waals surface area contributed by atoms with Gasteiger partial charge in [-0.3, -0.25) is 0 Å². The molecule has 0 atom stereocenters. The van der Waals surface area contributed by atoms with E-state index in [-0.39, 0.29) is 5.97 Å². The average Bonchev–Trinajstić information content (AvgIpc) is 2.88. The van der Waals surface area contributed by atoms with Crippen LogP contribution in [0.15, 0.2) is 0 Å². The minimum atomic E-state index is -1.96. The summed E-state index contributed by atoms with van der Waals surface area (Å²) in [5.41, 5.74) is 0. The van der Waals surface area contributed by atoms with Crippen LogP contribution in [0.5, 0.6) is 0 Å². The molecule has 0 saturated carbocycles. The zero-order chi connectivity index (χ0) is 26.6. The summed E-state index contributed by atoms with van der Waals surface area (Å²) in [5, 5.41) is 0. The SMILES string of the molecule is CCCCCCCCCCCCCCC(=O)O[PH](CCCCCC)(CCCCCC)CCCCCC. The molecule has 0 aromatic rings. The molecule has 0 bridgehead atoms. The third-order valence-corrected chi connectivity index (χ3v) is 12.5. The van der Waals surface area contributed by atoms with Crippen LogP contribution in [0.1, 0.15) is 188 Å². The van der Waals surface area contributed by atoms with E-state index in [9.17, 15) is 4.79 Å². The first-order valence-corrected chi connectivity index (χ1v) is 19.4. The Hall–Kier alpha value is -0.100. The van der Waals surface area contributed by atoms with Crippen molar-refractivity contribution in [2.24, 2.45) is 0 Å². The van der Waals surface area contributed by atoms with Gasteiger partial charge in [0.15, 0.2) is 0 Å². The van der Waals surface area contributed by atoms with E-state index >= 15 is 0 Å². The van der Waals surface area contributed by atoms with Crippen LogP contribution in [0.25, 0.3) is 0 Å². The van der Waals surface area contributed by atoms with E-state index in [0.29, 0.717) is 6.42 Å². The summed E-state index contributed by atoms with van der Waals surface area (Å²) >= 11 is 0. The molecule has 3 heteroatoms. The summed E-state index contributed by atoms with van der Waals surface area (Å²) in [6.45, 7) is 9.15. The van der Waals surface area contributed by atoms with Gasteiger partial charge in [-0.25, -0.2) is 0 Å². The van der Waals surface area contributed by atoms with Gasteiger partial charge >= 0.3 is 203 Å². The van der Waals surface area contributed by atoms with Crippen LogP contribution in [-0.2, 0) is 9.32 Å². The molecule has 0 radical (unpaired) electrons. The maximum atomic E-state index is 13.0. The fraction of sp³-hybridized carbons (Fsp3) is 0.970. The molecule has 0 heterocycles. The van der Waals surface area contributed by atoms with Gasteiger partial charge in [0.2, 0.25) is 0 Å². The second kappa shape index (κ2) is 27.9. The first kappa shape index (κ1) is 35.9. The zero-order valence-electron chi connectivity index (χ0n) is 25.6. The quantitative estimate of drug-likeness (QED) is 0.0712. The summed E-state index contributed by atoms with van der Waals surface area (Å²) in [4.78, 5) is 13.0. The van der Waals surface area contributed by atoms with Crippen LogP contribution in [0.4, 0.5) is 0 Å². The van der Waals surface area contributed by atoms with Crippen LogP contribution in [0, 0.1) is 0 Å². The van der Waals surface area contributed by atoms with Crippen molar-refractivity contribution in [2.45, 2.75) is 188 Å². The Balaban J connectivity index is 4.44. The predicted molar refractivity (Wildman–Crippen MR) is 167 cm³/mol. The van der Waals surface area contributed by atoms with E-state index in [1.165, 1.54) is 166 Å². The predicted octanol–water partition coefficient (Wildman–Crippen LogP) is 12.0. The van der Waals surface area contributed by atoms with E-state index in [1.54, 1.807) is 0 Å². The second-order valence-electron chi connectivity index (χ2n) is 11.7. The Bertz CT molecular complexity index is 420. The van der Waals surface area contributed by atoms with Gasteiger partial charge in [0.25, 0.3) is 0 Å². The number of unbranched alkanes of at least 4 members (excludes halogenated alkanes) is 20. The topological polar surface area (TPSA) is 26.3 Å². The van der Waals surface area contributed by atoms with Crippen molar-refractivity contribution >= 4 is 13.5 Å². The third-order valence-electron chi connectivity index (χ3n) is 8.02. The molecule has 0 aromatic carbocycles. The molecule has 2 nitrogen and oxygen atoms in total. The molecule has 218 valence electrons. The van der Waals surface area contributed by atoms with Crippen LogP contribution in [0.3, 0.4) is 0 Å². The van der Waals surface area contributed by atoms with Gasteiger partial charge < -0.3 is 0 Å². The van der Waals surface area contributed by atoms with E-state index < -0.39 is 7.49 Å². The van der Waals surface area contributed by atoms with Crippen LogP contribution >= 0.6 is 7.49 Å². The van der Waals surface area contributed by atoms with Crippen molar-refractivity contribution in [3.05, 3.63) is 0 Å². The fourth-order valence-electron chi connectivity index (χ4n) is 5.55. The van der Waals surface area contributed by atoms with Crippen LogP contribution in [-0.4, -0.2) is 24.5 Å². The molecule has 0 aliphatic carbocycles. The van der Waals surface area contributed by atoms with Gasteiger partial charge in [-0.2, -0.15) is 0 Å². The number of carbonyl (C=O) groups is 1. The van der Waals surface area contributed by atoms with E-state index in [4.69, 9.17) is 4.52 Å². The van der Waals surface area contributed by atoms with Crippen molar-refractivity contribution < 1.29 is 9.32 Å². The molecule has 0 aliphatic rings. The van der Waals surface area contributed by atoms with E-state index in [1.807, 2.05) is 0 Å². The molecule has 0 amide bonds. The maximum absolute atomic E-state index is 13.0. The van der Waals surface area contributed by atoms with Gasteiger partial charge in [0, 0.05) is 0 Å². The van der Waals surface area contributed by atoms with Crippen molar-refractivity contribution in [3.8, 4) is 0 Å². The van der Waals surface area contributed by atoms with Gasteiger partial charge in [-0.05, 0) is 0 Å². The number of hydrogen-bond acceptors (Lipinski definition) is 2. The fourth-order valence-corrected chi connectivity index (χ4v) is 9.88. The van der Waals surface area contributed by atoms with Crippen molar-refractivity contribution in [1.82, 2.24) is 0 Å².